The van der Waals surface area contributed by atoms with Crippen molar-refractivity contribution in [1.82, 2.24) is 20.1 Å². The number of halogens is 1. The molecular formula is C18H25ClN4O2. The van der Waals surface area contributed by atoms with Gasteiger partial charge in [0.2, 0.25) is 0 Å². The van der Waals surface area contributed by atoms with Crippen molar-refractivity contribution in [2.75, 3.05) is 0 Å². The zero-order valence-electron chi connectivity index (χ0n) is 15.6. The lowest BCUT2D eigenvalue weighted by atomic mass is 9.96. The predicted molar refractivity (Wildman–Crippen MR) is 98.1 cm³/mol. The lowest BCUT2D eigenvalue weighted by molar-refractivity contribution is 0.0522. The fourth-order valence-corrected chi connectivity index (χ4v) is 2.24. The summed E-state index contributed by atoms with van der Waals surface area (Å²) in [7, 11) is 0. The van der Waals surface area contributed by atoms with Crippen LogP contribution < -0.4 is 5.32 Å². The topological polar surface area (TPSA) is 69.0 Å². The summed E-state index contributed by atoms with van der Waals surface area (Å²) in [6, 6.07) is 7.34. The Kier molecular flexibility index (Phi) is 5.42. The number of nitrogens with zero attached hydrogens (tertiary/aromatic N) is 3. The van der Waals surface area contributed by atoms with E-state index >= 15 is 0 Å². The summed E-state index contributed by atoms with van der Waals surface area (Å²) in [4.78, 5) is 16.5. The van der Waals surface area contributed by atoms with Crippen LogP contribution in [0, 0.1) is 0 Å². The largest absolute Gasteiger partial charge is 0.444 e. The SMILES string of the molecule is CC(C)(C)OC(=O)NCc1nc(C(C)(C)C)nn1-c1cccc(Cl)c1. The second kappa shape index (κ2) is 7.04. The van der Waals surface area contributed by atoms with E-state index in [1.165, 1.54) is 0 Å². The molecule has 0 aliphatic heterocycles. The van der Waals surface area contributed by atoms with Crippen LogP contribution in [0.4, 0.5) is 4.79 Å². The molecule has 2 aromatic rings. The molecule has 0 bridgehead atoms. The number of carbonyl (C=O) groups is 1. The summed E-state index contributed by atoms with van der Waals surface area (Å²) in [5, 5.41) is 7.94. The van der Waals surface area contributed by atoms with Crippen LogP contribution in [-0.4, -0.2) is 26.5 Å². The van der Waals surface area contributed by atoms with Gasteiger partial charge in [0.05, 0.1) is 12.2 Å². The van der Waals surface area contributed by atoms with Crippen molar-refractivity contribution in [1.29, 1.82) is 0 Å². The van der Waals surface area contributed by atoms with Crippen LogP contribution in [0.3, 0.4) is 0 Å². The Morgan fingerprint density at radius 1 is 1.24 bits per heavy atom. The van der Waals surface area contributed by atoms with Gasteiger partial charge in [-0.2, -0.15) is 5.10 Å². The van der Waals surface area contributed by atoms with E-state index in [0.717, 1.165) is 5.69 Å². The highest BCUT2D eigenvalue weighted by Crippen LogP contribution is 2.22. The maximum absolute atomic E-state index is 11.9. The number of alkyl carbamates (subject to hydrolysis) is 1. The van der Waals surface area contributed by atoms with Crippen molar-refractivity contribution in [3.63, 3.8) is 0 Å². The maximum atomic E-state index is 11.9. The van der Waals surface area contributed by atoms with Gasteiger partial charge in [0.15, 0.2) is 11.6 Å². The van der Waals surface area contributed by atoms with Crippen LogP contribution in [0.5, 0.6) is 0 Å². The highest BCUT2D eigenvalue weighted by atomic mass is 35.5. The minimum absolute atomic E-state index is 0.199. The standard InChI is InChI=1S/C18H25ClN4O2/c1-17(2,3)15-21-14(11-20-16(24)25-18(4,5)6)23(22-15)13-9-7-8-12(19)10-13/h7-10H,11H2,1-6H3,(H,20,24). The number of aromatic nitrogens is 3. The summed E-state index contributed by atoms with van der Waals surface area (Å²) >= 11 is 6.09. The Hall–Kier alpha value is -2.08. The molecule has 0 saturated carbocycles. The van der Waals surface area contributed by atoms with Crippen molar-refractivity contribution >= 4 is 17.7 Å². The molecule has 0 saturated heterocycles. The first kappa shape index (κ1) is 19.2. The molecule has 0 aliphatic carbocycles. The van der Waals surface area contributed by atoms with Crippen molar-refractivity contribution in [2.24, 2.45) is 0 Å². The lowest BCUT2D eigenvalue weighted by Crippen LogP contribution is -2.32. The molecule has 0 spiro atoms. The average Bonchev–Trinajstić information content (AvgIpc) is 2.87. The molecule has 0 unspecified atom stereocenters. The Balaban J connectivity index is 2.29. The van der Waals surface area contributed by atoms with Crippen LogP contribution >= 0.6 is 11.6 Å². The smallest absolute Gasteiger partial charge is 0.408 e. The van der Waals surface area contributed by atoms with Gasteiger partial charge in [-0.3, -0.25) is 0 Å². The van der Waals surface area contributed by atoms with Gasteiger partial charge in [-0.05, 0) is 39.0 Å². The molecule has 1 heterocycles. The quantitative estimate of drug-likeness (QED) is 0.884. The van der Waals surface area contributed by atoms with Crippen LogP contribution in [0.15, 0.2) is 24.3 Å². The molecule has 1 aromatic heterocycles. The molecule has 136 valence electrons. The minimum Gasteiger partial charge on any atom is -0.444 e. The van der Waals surface area contributed by atoms with Gasteiger partial charge in [0.1, 0.15) is 5.60 Å². The fourth-order valence-electron chi connectivity index (χ4n) is 2.06. The summed E-state index contributed by atoms with van der Waals surface area (Å²) in [6.07, 6.45) is -0.495. The van der Waals surface area contributed by atoms with Gasteiger partial charge in [0, 0.05) is 10.4 Å². The lowest BCUT2D eigenvalue weighted by Gasteiger charge is -2.19. The van der Waals surface area contributed by atoms with E-state index in [1.807, 2.05) is 53.7 Å². The van der Waals surface area contributed by atoms with Crippen LogP contribution in [0.25, 0.3) is 5.69 Å². The molecule has 7 heteroatoms. The molecule has 1 N–H and O–H groups in total. The normalized spacial score (nSPS) is 12.1. The second-order valence-electron chi connectivity index (χ2n) is 7.85. The number of carbonyl (C=O) groups excluding carboxylic acids is 1. The molecular weight excluding hydrogens is 340 g/mol. The van der Waals surface area contributed by atoms with Gasteiger partial charge in [-0.25, -0.2) is 14.5 Å². The van der Waals surface area contributed by atoms with E-state index < -0.39 is 11.7 Å². The number of amides is 1. The zero-order valence-corrected chi connectivity index (χ0v) is 16.3. The maximum Gasteiger partial charge on any atom is 0.408 e. The first-order chi connectivity index (χ1) is 11.5. The van der Waals surface area contributed by atoms with Gasteiger partial charge in [0.25, 0.3) is 0 Å². The number of ether oxygens (including phenoxy) is 1. The third-order valence-electron chi connectivity index (χ3n) is 3.19. The third-order valence-corrected chi connectivity index (χ3v) is 3.42. The van der Waals surface area contributed by atoms with E-state index in [-0.39, 0.29) is 12.0 Å². The van der Waals surface area contributed by atoms with E-state index in [2.05, 4.69) is 15.4 Å². The fraction of sp³-hybridized carbons (Fsp3) is 0.500. The summed E-state index contributed by atoms with van der Waals surface area (Å²) in [5.41, 5.74) is 0.0164. The highest BCUT2D eigenvalue weighted by Gasteiger charge is 2.23. The van der Waals surface area contributed by atoms with Crippen molar-refractivity contribution in [2.45, 2.75) is 59.1 Å². The van der Waals surface area contributed by atoms with Crippen LogP contribution in [0.2, 0.25) is 5.02 Å². The van der Waals surface area contributed by atoms with Crippen LogP contribution in [-0.2, 0) is 16.7 Å². The molecule has 2 rings (SSSR count). The molecule has 1 amide bonds. The molecule has 0 radical (unpaired) electrons. The number of rotatable bonds is 3. The predicted octanol–water partition coefficient (Wildman–Crippen LogP) is 4.24. The Morgan fingerprint density at radius 3 is 2.48 bits per heavy atom. The minimum atomic E-state index is -0.554. The highest BCUT2D eigenvalue weighted by molar-refractivity contribution is 6.30. The first-order valence-corrected chi connectivity index (χ1v) is 8.53. The number of nitrogens with one attached hydrogen (secondary N) is 1. The molecule has 0 atom stereocenters. The van der Waals surface area contributed by atoms with Gasteiger partial charge >= 0.3 is 6.09 Å². The summed E-state index contributed by atoms with van der Waals surface area (Å²) < 4.78 is 6.97. The van der Waals surface area contributed by atoms with E-state index in [1.54, 1.807) is 16.8 Å². The average molecular weight is 365 g/mol. The molecule has 25 heavy (non-hydrogen) atoms. The molecule has 1 aromatic carbocycles. The third kappa shape index (κ3) is 5.46. The van der Waals surface area contributed by atoms with Gasteiger partial charge < -0.3 is 10.1 Å². The number of hydrogen-bond acceptors (Lipinski definition) is 4. The Morgan fingerprint density at radius 2 is 1.92 bits per heavy atom. The zero-order chi connectivity index (χ0) is 18.8. The number of benzene rings is 1. The molecule has 6 nitrogen and oxygen atoms in total. The second-order valence-corrected chi connectivity index (χ2v) is 8.29. The van der Waals surface area contributed by atoms with E-state index in [9.17, 15) is 4.79 Å². The Labute approximate surface area is 153 Å². The van der Waals surface area contributed by atoms with E-state index in [0.29, 0.717) is 16.7 Å². The van der Waals surface area contributed by atoms with Gasteiger partial charge in [-0.1, -0.05) is 38.4 Å². The molecule has 0 aliphatic rings. The molecule has 0 fully saturated rings. The summed E-state index contributed by atoms with van der Waals surface area (Å²) in [5.74, 6) is 1.30. The van der Waals surface area contributed by atoms with Crippen molar-refractivity contribution < 1.29 is 9.53 Å². The summed E-state index contributed by atoms with van der Waals surface area (Å²) in [6.45, 7) is 11.8. The first-order valence-electron chi connectivity index (χ1n) is 8.15. The van der Waals surface area contributed by atoms with Crippen LogP contribution in [0.1, 0.15) is 53.2 Å². The van der Waals surface area contributed by atoms with Gasteiger partial charge in [-0.15, -0.1) is 0 Å². The number of hydrogen-bond donors (Lipinski definition) is 1. The monoisotopic (exact) mass is 364 g/mol. The van der Waals surface area contributed by atoms with Crippen molar-refractivity contribution in [3.05, 3.63) is 40.9 Å². The van der Waals surface area contributed by atoms with Crippen molar-refractivity contribution in [3.8, 4) is 5.69 Å². The van der Waals surface area contributed by atoms with E-state index in [4.69, 9.17) is 16.3 Å². The Bertz CT molecular complexity index is 757.